The van der Waals surface area contributed by atoms with E-state index in [1.54, 1.807) is 18.3 Å². The van der Waals surface area contributed by atoms with E-state index in [4.69, 9.17) is 4.74 Å². The number of ether oxygens (including phenoxy) is 1. The van der Waals surface area contributed by atoms with Crippen molar-refractivity contribution in [2.75, 3.05) is 61.1 Å². The summed E-state index contributed by atoms with van der Waals surface area (Å²) in [5.74, 6) is -0.468. The molecule has 2 saturated heterocycles. The first-order chi connectivity index (χ1) is 15.1. The molecule has 3 heterocycles. The van der Waals surface area contributed by atoms with Crippen molar-refractivity contribution in [2.24, 2.45) is 5.92 Å². The summed E-state index contributed by atoms with van der Waals surface area (Å²) in [6, 6.07) is 7.63. The third-order valence-electron chi connectivity index (χ3n) is 5.38. The van der Waals surface area contributed by atoms with E-state index >= 15 is 0 Å². The second kappa shape index (κ2) is 9.69. The van der Waals surface area contributed by atoms with Crippen molar-refractivity contribution in [3.8, 4) is 0 Å². The Hall–Kier alpha value is -3.27. The quantitative estimate of drug-likeness (QED) is 0.636. The van der Waals surface area contributed by atoms with Crippen LogP contribution in [-0.2, 0) is 14.3 Å². The lowest BCUT2D eigenvalue weighted by Crippen LogP contribution is -2.36. The lowest BCUT2D eigenvalue weighted by atomic mass is 10.1. The number of carbonyl (C=O) groups excluding carboxylic acids is 2. The molecular weight excluding hydrogens is 403 g/mol. The van der Waals surface area contributed by atoms with Gasteiger partial charge in [0.1, 0.15) is 5.82 Å². The Bertz CT molecular complexity index is 920. The maximum absolute atomic E-state index is 13.1. The second-order valence-electron chi connectivity index (χ2n) is 7.50. The summed E-state index contributed by atoms with van der Waals surface area (Å²) in [5.41, 5.74) is 1.58. The summed E-state index contributed by atoms with van der Waals surface area (Å²) in [4.78, 5) is 28.4. The summed E-state index contributed by atoms with van der Waals surface area (Å²) in [6.07, 6.45) is 1.87. The Kier molecular flexibility index (Phi) is 6.56. The zero-order chi connectivity index (χ0) is 21.6. The summed E-state index contributed by atoms with van der Waals surface area (Å²) >= 11 is 0. The first-order valence-corrected chi connectivity index (χ1v) is 10.3. The number of hydrogen-bond donors (Lipinski definition) is 2. The second-order valence-corrected chi connectivity index (χ2v) is 7.50. The van der Waals surface area contributed by atoms with Gasteiger partial charge in [-0.1, -0.05) is 0 Å². The minimum Gasteiger partial charge on any atom is -0.378 e. The Morgan fingerprint density at radius 1 is 1.16 bits per heavy atom. The summed E-state index contributed by atoms with van der Waals surface area (Å²) in [5, 5.41) is 14.1. The first kappa shape index (κ1) is 21.0. The van der Waals surface area contributed by atoms with E-state index in [0.29, 0.717) is 37.8 Å². The van der Waals surface area contributed by atoms with Crippen LogP contribution in [0.5, 0.6) is 0 Å². The van der Waals surface area contributed by atoms with E-state index in [1.807, 2.05) is 6.07 Å². The molecule has 9 nitrogen and oxygen atoms in total. The molecule has 0 saturated carbocycles. The number of nitrogens with one attached hydrogen (secondary N) is 2. The molecule has 2 N–H and O–H groups in total. The summed E-state index contributed by atoms with van der Waals surface area (Å²) in [7, 11) is 0. The number of anilines is 3. The van der Waals surface area contributed by atoms with Crippen LogP contribution in [0.25, 0.3) is 0 Å². The molecule has 2 aromatic rings. The standard InChI is InChI=1S/C21H25FN6O3/c22-16-1-3-17(4-2-16)28-14-15(11-20(28)29)21(30)24-6-5-23-19-12-18(13-25-26-19)27-7-9-31-10-8-27/h1-4,12-13,15H,5-11,14H2,(H,23,26)(H,24,30). The highest BCUT2D eigenvalue weighted by molar-refractivity contribution is 6.00. The van der Waals surface area contributed by atoms with Crippen molar-refractivity contribution in [3.05, 3.63) is 42.3 Å². The maximum Gasteiger partial charge on any atom is 0.227 e. The van der Waals surface area contributed by atoms with Gasteiger partial charge in [-0.25, -0.2) is 4.39 Å². The predicted molar refractivity (Wildman–Crippen MR) is 113 cm³/mol. The van der Waals surface area contributed by atoms with Crippen molar-refractivity contribution in [1.82, 2.24) is 15.5 Å². The average molecular weight is 428 g/mol. The van der Waals surface area contributed by atoms with Gasteiger partial charge in [0.15, 0.2) is 5.82 Å². The molecule has 4 rings (SSSR count). The molecule has 0 radical (unpaired) electrons. The van der Waals surface area contributed by atoms with Gasteiger partial charge in [0.2, 0.25) is 11.8 Å². The van der Waals surface area contributed by atoms with Crippen LogP contribution in [0.3, 0.4) is 0 Å². The molecule has 2 aliphatic rings. The Labute approximate surface area is 179 Å². The highest BCUT2D eigenvalue weighted by Gasteiger charge is 2.34. The number of carbonyl (C=O) groups is 2. The topological polar surface area (TPSA) is 99.7 Å². The first-order valence-electron chi connectivity index (χ1n) is 10.3. The molecule has 31 heavy (non-hydrogen) atoms. The van der Waals surface area contributed by atoms with Crippen molar-refractivity contribution in [1.29, 1.82) is 0 Å². The van der Waals surface area contributed by atoms with E-state index in [2.05, 4.69) is 25.7 Å². The molecule has 0 bridgehead atoms. The number of aromatic nitrogens is 2. The van der Waals surface area contributed by atoms with Crippen LogP contribution in [0, 0.1) is 11.7 Å². The third-order valence-corrected chi connectivity index (χ3v) is 5.38. The highest BCUT2D eigenvalue weighted by Crippen LogP contribution is 2.25. The smallest absolute Gasteiger partial charge is 0.227 e. The fourth-order valence-corrected chi connectivity index (χ4v) is 3.71. The molecule has 0 spiro atoms. The third kappa shape index (κ3) is 5.26. The Morgan fingerprint density at radius 3 is 2.71 bits per heavy atom. The van der Waals surface area contributed by atoms with Crippen molar-refractivity contribution >= 4 is 29.0 Å². The van der Waals surface area contributed by atoms with Gasteiger partial charge in [0, 0.05) is 50.9 Å². The lowest BCUT2D eigenvalue weighted by Gasteiger charge is -2.28. The van der Waals surface area contributed by atoms with Gasteiger partial charge in [0.25, 0.3) is 0 Å². The monoisotopic (exact) mass is 428 g/mol. The van der Waals surface area contributed by atoms with Gasteiger partial charge in [-0.05, 0) is 24.3 Å². The number of rotatable bonds is 7. The lowest BCUT2D eigenvalue weighted by molar-refractivity contribution is -0.126. The van der Waals surface area contributed by atoms with E-state index in [-0.39, 0.29) is 30.6 Å². The molecular formula is C21H25FN6O3. The van der Waals surface area contributed by atoms with Crippen molar-refractivity contribution < 1.29 is 18.7 Å². The van der Waals surface area contributed by atoms with E-state index in [9.17, 15) is 14.0 Å². The Balaban J connectivity index is 1.23. The number of benzene rings is 1. The molecule has 0 aliphatic carbocycles. The molecule has 1 unspecified atom stereocenters. The van der Waals surface area contributed by atoms with Crippen LogP contribution in [0.2, 0.25) is 0 Å². The zero-order valence-corrected chi connectivity index (χ0v) is 17.1. The van der Waals surface area contributed by atoms with Crippen LogP contribution in [0.15, 0.2) is 36.5 Å². The fraction of sp³-hybridized carbons (Fsp3) is 0.429. The van der Waals surface area contributed by atoms with Gasteiger partial charge >= 0.3 is 0 Å². The number of morpholine rings is 1. The van der Waals surface area contributed by atoms with E-state index < -0.39 is 5.92 Å². The van der Waals surface area contributed by atoms with Crippen molar-refractivity contribution in [3.63, 3.8) is 0 Å². The summed E-state index contributed by atoms with van der Waals surface area (Å²) in [6.45, 7) is 4.18. The minimum atomic E-state index is -0.429. The van der Waals surface area contributed by atoms with Gasteiger partial charge in [-0.3, -0.25) is 9.59 Å². The molecule has 10 heteroatoms. The predicted octanol–water partition coefficient (Wildman–Crippen LogP) is 1.03. The number of amides is 2. The van der Waals surface area contributed by atoms with Crippen LogP contribution in [0.1, 0.15) is 6.42 Å². The van der Waals surface area contributed by atoms with Gasteiger partial charge < -0.3 is 25.2 Å². The van der Waals surface area contributed by atoms with Crippen LogP contribution in [0.4, 0.5) is 21.6 Å². The average Bonchev–Trinajstić information content (AvgIpc) is 3.19. The molecule has 2 amide bonds. The van der Waals surface area contributed by atoms with E-state index in [0.717, 1.165) is 18.8 Å². The zero-order valence-electron chi connectivity index (χ0n) is 17.1. The number of halogens is 1. The maximum atomic E-state index is 13.1. The Morgan fingerprint density at radius 2 is 1.94 bits per heavy atom. The van der Waals surface area contributed by atoms with Crippen molar-refractivity contribution in [2.45, 2.75) is 6.42 Å². The molecule has 164 valence electrons. The van der Waals surface area contributed by atoms with Gasteiger partial charge in [-0.15, -0.1) is 5.10 Å². The molecule has 1 atom stereocenters. The summed E-state index contributed by atoms with van der Waals surface area (Å²) < 4.78 is 18.5. The highest BCUT2D eigenvalue weighted by atomic mass is 19.1. The van der Waals surface area contributed by atoms with Crippen LogP contribution < -0.4 is 20.4 Å². The molecule has 2 aliphatic heterocycles. The van der Waals surface area contributed by atoms with Crippen LogP contribution in [-0.4, -0.2) is 67.9 Å². The van der Waals surface area contributed by atoms with Crippen LogP contribution >= 0.6 is 0 Å². The molecule has 1 aromatic carbocycles. The van der Waals surface area contributed by atoms with Gasteiger partial charge in [0.05, 0.1) is 31.0 Å². The van der Waals surface area contributed by atoms with Gasteiger partial charge in [-0.2, -0.15) is 5.10 Å². The minimum absolute atomic E-state index is 0.139. The number of hydrogen-bond acceptors (Lipinski definition) is 7. The fourth-order valence-electron chi connectivity index (χ4n) is 3.71. The number of nitrogens with zero attached hydrogens (tertiary/aromatic N) is 4. The normalized spacial score (nSPS) is 18.9. The van der Waals surface area contributed by atoms with E-state index in [1.165, 1.54) is 17.0 Å². The molecule has 1 aromatic heterocycles. The SMILES string of the molecule is O=C(NCCNc1cc(N2CCOCC2)cnn1)C1CC(=O)N(c2ccc(F)cc2)C1. The molecule has 2 fully saturated rings. The largest absolute Gasteiger partial charge is 0.378 e.